The zero-order valence-electron chi connectivity index (χ0n) is 19.9. The molecule has 188 valence electrons. The smallest absolute Gasteiger partial charge is 0.255 e. The third-order valence-electron chi connectivity index (χ3n) is 6.61. The van der Waals surface area contributed by atoms with Crippen LogP contribution in [-0.2, 0) is 11.3 Å². The van der Waals surface area contributed by atoms with Gasteiger partial charge in [0, 0.05) is 37.9 Å². The Balaban J connectivity index is 1.26. The SMILES string of the molecule is COc1cccc(C(=O)N2CCN3C[C@@H](c4cc(Cl)cnc4OCc4ccccc4)OC[C@@H]3C2)c1Cl. The van der Waals surface area contributed by atoms with Crippen molar-refractivity contribution in [2.24, 2.45) is 0 Å². The Morgan fingerprint density at radius 2 is 1.94 bits per heavy atom. The molecule has 0 aliphatic carbocycles. The van der Waals surface area contributed by atoms with Gasteiger partial charge in [0.05, 0.1) is 35.4 Å². The number of pyridine rings is 1. The molecule has 5 rings (SSSR count). The first-order valence-corrected chi connectivity index (χ1v) is 12.6. The van der Waals surface area contributed by atoms with Gasteiger partial charge in [-0.3, -0.25) is 9.69 Å². The summed E-state index contributed by atoms with van der Waals surface area (Å²) >= 11 is 12.7. The number of piperazine rings is 1. The maximum absolute atomic E-state index is 13.2. The molecule has 9 heteroatoms. The summed E-state index contributed by atoms with van der Waals surface area (Å²) in [5.74, 6) is 0.912. The molecule has 0 saturated carbocycles. The van der Waals surface area contributed by atoms with E-state index in [1.807, 2.05) is 41.3 Å². The Morgan fingerprint density at radius 1 is 1.11 bits per heavy atom. The van der Waals surface area contributed by atoms with Crippen LogP contribution in [0, 0.1) is 0 Å². The quantitative estimate of drug-likeness (QED) is 0.455. The van der Waals surface area contributed by atoms with Gasteiger partial charge in [0.2, 0.25) is 5.88 Å². The third-order valence-corrected chi connectivity index (χ3v) is 7.20. The van der Waals surface area contributed by atoms with Crippen LogP contribution in [0.5, 0.6) is 11.6 Å². The highest BCUT2D eigenvalue weighted by Gasteiger charge is 2.37. The Labute approximate surface area is 220 Å². The van der Waals surface area contributed by atoms with E-state index in [1.54, 1.807) is 24.4 Å². The van der Waals surface area contributed by atoms with Gasteiger partial charge in [0.15, 0.2) is 0 Å². The van der Waals surface area contributed by atoms with Crippen molar-refractivity contribution in [2.75, 3.05) is 39.9 Å². The van der Waals surface area contributed by atoms with Crippen molar-refractivity contribution in [3.63, 3.8) is 0 Å². The highest BCUT2D eigenvalue weighted by Crippen LogP contribution is 2.34. The molecule has 3 aromatic rings. The number of carbonyl (C=O) groups excluding carboxylic acids is 1. The molecule has 2 aliphatic heterocycles. The Morgan fingerprint density at radius 3 is 2.75 bits per heavy atom. The first-order chi connectivity index (χ1) is 17.5. The number of methoxy groups -OCH3 is 1. The van der Waals surface area contributed by atoms with Crippen molar-refractivity contribution >= 4 is 29.1 Å². The lowest BCUT2D eigenvalue weighted by atomic mass is 10.0. The van der Waals surface area contributed by atoms with Crippen molar-refractivity contribution in [2.45, 2.75) is 18.8 Å². The average molecular weight is 528 g/mol. The molecule has 0 radical (unpaired) electrons. The average Bonchev–Trinajstić information content (AvgIpc) is 2.92. The second kappa shape index (κ2) is 11.0. The lowest BCUT2D eigenvalue weighted by Gasteiger charge is -2.46. The standard InChI is InChI=1S/C27H27Cl2N3O4/c1-34-23-9-5-8-21(25(23)29)27(33)32-11-10-31-15-24(35-17-20(31)14-32)22-12-19(28)13-30-26(22)36-16-18-6-3-2-4-7-18/h2-9,12-13,20,24H,10-11,14-17H2,1H3/t20-,24-/m0/s1. The molecule has 2 fully saturated rings. The number of aromatic nitrogens is 1. The van der Waals surface area contributed by atoms with E-state index < -0.39 is 0 Å². The topological polar surface area (TPSA) is 64.1 Å². The first kappa shape index (κ1) is 24.8. The number of morpholine rings is 1. The van der Waals surface area contributed by atoms with E-state index in [-0.39, 0.29) is 18.1 Å². The summed E-state index contributed by atoms with van der Waals surface area (Å²) in [7, 11) is 1.54. The first-order valence-electron chi connectivity index (χ1n) is 11.8. The fourth-order valence-electron chi connectivity index (χ4n) is 4.68. The number of rotatable bonds is 6. The largest absolute Gasteiger partial charge is 0.495 e. The minimum absolute atomic E-state index is 0.0872. The van der Waals surface area contributed by atoms with Crippen LogP contribution in [0.1, 0.15) is 27.6 Å². The van der Waals surface area contributed by atoms with Gasteiger partial charge in [-0.15, -0.1) is 0 Å². The summed E-state index contributed by atoms with van der Waals surface area (Å²) in [6.07, 6.45) is 1.36. The number of ether oxygens (including phenoxy) is 3. The molecule has 2 atom stereocenters. The minimum Gasteiger partial charge on any atom is -0.495 e. The fraction of sp³-hybridized carbons (Fsp3) is 0.333. The molecule has 2 saturated heterocycles. The maximum atomic E-state index is 13.2. The van der Waals surface area contributed by atoms with Crippen LogP contribution in [0.4, 0.5) is 0 Å². The highest BCUT2D eigenvalue weighted by atomic mass is 35.5. The maximum Gasteiger partial charge on any atom is 0.255 e. The molecule has 0 unspecified atom stereocenters. The van der Waals surface area contributed by atoms with Gasteiger partial charge in [0.25, 0.3) is 5.91 Å². The zero-order valence-corrected chi connectivity index (χ0v) is 21.4. The Kier molecular flexibility index (Phi) is 7.62. The summed E-state index contributed by atoms with van der Waals surface area (Å²) < 4.78 is 17.6. The fourth-order valence-corrected chi connectivity index (χ4v) is 5.13. The van der Waals surface area contributed by atoms with Crippen LogP contribution in [0.3, 0.4) is 0 Å². The summed E-state index contributed by atoms with van der Waals surface area (Å²) in [4.78, 5) is 21.8. The van der Waals surface area contributed by atoms with Gasteiger partial charge in [-0.2, -0.15) is 0 Å². The van der Waals surface area contributed by atoms with E-state index in [0.717, 1.165) is 17.7 Å². The number of carbonyl (C=O) groups is 1. The zero-order chi connectivity index (χ0) is 25.1. The van der Waals surface area contributed by atoms with Crippen LogP contribution in [0.15, 0.2) is 60.8 Å². The van der Waals surface area contributed by atoms with Crippen LogP contribution < -0.4 is 9.47 Å². The van der Waals surface area contributed by atoms with Crippen molar-refractivity contribution in [3.8, 4) is 11.6 Å². The number of nitrogens with zero attached hydrogens (tertiary/aromatic N) is 3. The monoisotopic (exact) mass is 527 g/mol. The van der Waals surface area contributed by atoms with E-state index in [9.17, 15) is 4.79 Å². The third kappa shape index (κ3) is 5.30. The predicted molar refractivity (Wildman–Crippen MR) is 138 cm³/mol. The molecular weight excluding hydrogens is 501 g/mol. The normalized spacial score (nSPS) is 20.0. The number of benzene rings is 2. The molecule has 2 aliphatic rings. The lowest BCUT2D eigenvalue weighted by Crippen LogP contribution is -2.59. The van der Waals surface area contributed by atoms with E-state index in [0.29, 0.717) is 60.1 Å². The van der Waals surface area contributed by atoms with Crippen molar-refractivity contribution in [1.29, 1.82) is 0 Å². The van der Waals surface area contributed by atoms with Gasteiger partial charge in [-0.25, -0.2) is 4.98 Å². The number of halogens is 2. The summed E-state index contributed by atoms with van der Waals surface area (Å²) in [5, 5.41) is 0.872. The number of amides is 1. The molecule has 1 amide bonds. The molecule has 36 heavy (non-hydrogen) atoms. The molecule has 1 aromatic heterocycles. The van der Waals surface area contributed by atoms with Gasteiger partial charge in [0.1, 0.15) is 18.5 Å². The second-order valence-electron chi connectivity index (χ2n) is 8.87. The summed E-state index contributed by atoms with van der Waals surface area (Å²) in [6, 6.07) is 17.2. The Hall–Kier alpha value is -2.84. The Bertz CT molecular complexity index is 1230. The van der Waals surface area contributed by atoms with E-state index in [1.165, 1.54) is 7.11 Å². The van der Waals surface area contributed by atoms with Crippen LogP contribution in [0.25, 0.3) is 0 Å². The second-order valence-corrected chi connectivity index (χ2v) is 9.68. The van der Waals surface area contributed by atoms with Crippen LogP contribution in [-0.4, -0.2) is 66.6 Å². The minimum atomic E-state index is -0.228. The van der Waals surface area contributed by atoms with Gasteiger partial charge < -0.3 is 19.1 Å². The van der Waals surface area contributed by atoms with E-state index >= 15 is 0 Å². The molecular formula is C27H27Cl2N3O4. The van der Waals surface area contributed by atoms with Gasteiger partial charge >= 0.3 is 0 Å². The summed E-state index contributed by atoms with van der Waals surface area (Å²) in [6.45, 7) is 3.43. The molecule has 3 heterocycles. The molecule has 7 nitrogen and oxygen atoms in total. The predicted octanol–water partition coefficient (Wildman–Crippen LogP) is 4.87. The van der Waals surface area contributed by atoms with Gasteiger partial charge in [-0.05, 0) is 23.8 Å². The van der Waals surface area contributed by atoms with E-state index in [4.69, 9.17) is 37.4 Å². The van der Waals surface area contributed by atoms with E-state index in [2.05, 4.69) is 9.88 Å². The van der Waals surface area contributed by atoms with Crippen LogP contribution >= 0.6 is 23.2 Å². The number of hydrogen-bond acceptors (Lipinski definition) is 6. The van der Waals surface area contributed by atoms with Crippen LogP contribution in [0.2, 0.25) is 10.0 Å². The lowest BCUT2D eigenvalue weighted by molar-refractivity contribution is -0.0866. The number of fused-ring (bicyclic) bond motifs is 1. The van der Waals surface area contributed by atoms with Crippen molar-refractivity contribution < 1.29 is 19.0 Å². The molecule has 0 N–H and O–H groups in total. The molecule has 0 spiro atoms. The van der Waals surface area contributed by atoms with Gasteiger partial charge in [-0.1, -0.05) is 59.6 Å². The number of hydrogen-bond donors (Lipinski definition) is 0. The van der Waals surface area contributed by atoms with Crippen molar-refractivity contribution in [1.82, 2.24) is 14.8 Å². The highest BCUT2D eigenvalue weighted by molar-refractivity contribution is 6.35. The molecule has 0 bridgehead atoms. The summed E-state index contributed by atoms with van der Waals surface area (Å²) in [5.41, 5.74) is 2.34. The van der Waals surface area contributed by atoms with Crippen molar-refractivity contribution in [3.05, 3.63) is 87.5 Å². The molecule has 2 aromatic carbocycles.